The van der Waals surface area contributed by atoms with Gasteiger partial charge in [0, 0.05) is 40.3 Å². The van der Waals surface area contributed by atoms with E-state index in [4.69, 9.17) is 41.8 Å². The molecule has 1 heterocycles. The molecule has 1 aliphatic carbocycles. The van der Waals surface area contributed by atoms with Gasteiger partial charge in [-0.15, -0.1) is 0 Å². The SMILES string of the molecule is C.Cc1ccc(N(CC(=O)O)CC(=O)O)c(OCCOc2cc(-c3c4cc(Cl)c(=O)cc-4oc4cc(O)c(Cl)cc34)c(OC=O)cc2N(CC(=O)O)CC(=O)O)c1. The number of halogens is 2. The van der Waals surface area contributed by atoms with E-state index in [1.54, 1.807) is 19.1 Å². The molecule has 1 aliphatic heterocycles. The van der Waals surface area contributed by atoms with E-state index in [-0.39, 0.29) is 105 Å². The number of aryl methyl sites for hydroxylation is 1. The summed E-state index contributed by atoms with van der Waals surface area (Å²) in [5.41, 5.74) is 0.587. The number of rotatable bonds is 18. The molecule has 0 spiro atoms. The van der Waals surface area contributed by atoms with Crippen molar-refractivity contribution >= 4 is 75.9 Å². The summed E-state index contributed by atoms with van der Waals surface area (Å²) in [4.78, 5) is 73.4. The Morgan fingerprint density at radius 1 is 0.719 bits per heavy atom. The lowest BCUT2D eigenvalue weighted by Gasteiger charge is -2.26. The summed E-state index contributed by atoms with van der Waals surface area (Å²) in [6.07, 6.45) is 0. The molecule has 2 aliphatic rings. The van der Waals surface area contributed by atoms with Crippen molar-refractivity contribution in [3.8, 4) is 45.4 Å². The van der Waals surface area contributed by atoms with Crippen LogP contribution in [-0.4, -0.2) is 95.3 Å². The predicted molar refractivity (Wildman–Crippen MR) is 207 cm³/mol. The molecule has 0 radical (unpaired) electrons. The van der Waals surface area contributed by atoms with E-state index >= 15 is 0 Å². The second kappa shape index (κ2) is 18.3. The van der Waals surface area contributed by atoms with Crippen LogP contribution in [0.1, 0.15) is 13.0 Å². The third-order valence-corrected chi connectivity index (χ3v) is 8.65. The van der Waals surface area contributed by atoms with Crippen molar-refractivity contribution in [2.75, 3.05) is 49.2 Å². The highest BCUT2D eigenvalue weighted by atomic mass is 35.5. The second-order valence-corrected chi connectivity index (χ2v) is 12.9. The van der Waals surface area contributed by atoms with Gasteiger partial charge in [0.15, 0.2) is 0 Å². The fraction of sp³-hybridized carbons (Fsp3) is 0.211. The number of anilines is 2. The molecular formula is C38H34Cl2N2O15. The highest BCUT2D eigenvalue weighted by Gasteiger charge is 2.27. The van der Waals surface area contributed by atoms with Crippen LogP contribution in [0.4, 0.5) is 11.4 Å². The van der Waals surface area contributed by atoms with Crippen molar-refractivity contribution in [1.82, 2.24) is 0 Å². The zero-order chi connectivity index (χ0) is 40.8. The first-order valence-electron chi connectivity index (χ1n) is 16.2. The van der Waals surface area contributed by atoms with Crippen molar-refractivity contribution in [1.29, 1.82) is 0 Å². The molecule has 17 nitrogen and oxygen atoms in total. The number of carboxylic acid groups (broad SMARTS) is 4. The molecule has 0 saturated carbocycles. The third kappa shape index (κ3) is 10.1. The first-order valence-corrected chi connectivity index (χ1v) is 16.9. The number of nitrogens with zero attached hydrogens (tertiary/aromatic N) is 2. The average Bonchev–Trinajstić information content (AvgIpc) is 3.10. The number of phenols is 1. The predicted octanol–water partition coefficient (Wildman–Crippen LogP) is 5.47. The maximum absolute atomic E-state index is 12.6. The van der Waals surface area contributed by atoms with Gasteiger partial charge in [-0.1, -0.05) is 36.7 Å². The van der Waals surface area contributed by atoms with E-state index in [1.165, 1.54) is 36.4 Å². The second-order valence-electron chi connectivity index (χ2n) is 12.0. The molecule has 0 saturated heterocycles. The van der Waals surface area contributed by atoms with Gasteiger partial charge in [-0.25, -0.2) is 0 Å². The summed E-state index contributed by atoms with van der Waals surface area (Å²) >= 11 is 12.6. The molecule has 57 heavy (non-hydrogen) atoms. The average molecular weight is 830 g/mol. The Morgan fingerprint density at radius 3 is 1.84 bits per heavy atom. The van der Waals surface area contributed by atoms with Crippen LogP contribution in [0, 0.1) is 6.92 Å². The Labute approximate surface area is 332 Å². The van der Waals surface area contributed by atoms with Crippen LogP contribution in [0.2, 0.25) is 10.0 Å². The quantitative estimate of drug-likeness (QED) is 0.0417. The molecule has 0 aromatic heterocycles. The molecule has 3 aromatic rings. The number of benzene rings is 4. The summed E-state index contributed by atoms with van der Waals surface area (Å²) in [5, 5.41) is 48.5. The monoisotopic (exact) mass is 828 g/mol. The number of hydrogen-bond donors (Lipinski definition) is 5. The molecule has 0 amide bonds. The van der Waals surface area contributed by atoms with Gasteiger partial charge < -0.3 is 54.0 Å². The fourth-order valence-corrected chi connectivity index (χ4v) is 6.18. The van der Waals surface area contributed by atoms with Gasteiger partial charge in [0.05, 0.1) is 21.4 Å². The van der Waals surface area contributed by atoms with Crippen LogP contribution in [0.5, 0.6) is 23.0 Å². The lowest BCUT2D eigenvalue weighted by atomic mass is 9.92. The maximum Gasteiger partial charge on any atom is 0.323 e. The van der Waals surface area contributed by atoms with Gasteiger partial charge in [-0.3, -0.25) is 28.8 Å². The van der Waals surface area contributed by atoms with Gasteiger partial charge in [-0.2, -0.15) is 0 Å². The van der Waals surface area contributed by atoms with E-state index in [1.807, 2.05) is 0 Å². The summed E-state index contributed by atoms with van der Waals surface area (Å²) in [7, 11) is 0. The molecule has 300 valence electrons. The van der Waals surface area contributed by atoms with Crippen LogP contribution in [0.15, 0.2) is 63.8 Å². The number of ether oxygens (including phenoxy) is 3. The van der Waals surface area contributed by atoms with Gasteiger partial charge in [0.25, 0.3) is 6.47 Å². The lowest BCUT2D eigenvalue weighted by molar-refractivity contribution is -0.138. The Morgan fingerprint density at radius 2 is 1.28 bits per heavy atom. The number of hydrogen-bond acceptors (Lipinski definition) is 13. The van der Waals surface area contributed by atoms with Gasteiger partial charge in [0.1, 0.15) is 73.7 Å². The van der Waals surface area contributed by atoms with E-state index in [9.17, 15) is 54.3 Å². The number of aromatic hydroxyl groups is 1. The molecule has 0 fully saturated rings. The zero-order valence-corrected chi connectivity index (χ0v) is 30.5. The van der Waals surface area contributed by atoms with E-state index < -0.39 is 55.5 Å². The minimum atomic E-state index is -1.42. The number of fused-ring (bicyclic) bond motifs is 2. The molecule has 0 bridgehead atoms. The molecule has 3 aromatic carbocycles. The van der Waals surface area contributed by atoms with Gasteiger partial charge >= 0.3 is 23.9 Å². The minimum absolute atomic E-state index is 0. The van der Waals surface area contributed by atoms with Crippen molar-refractivity contribution in [3.63, 3.8) is 0 Å². The standard InChI is InChI=1S/C37H30Cl2N2O15.CH4/c1-18-2-3-24(40(13-33(45)46)14-34(47)48)31(6-18)53-4-5-54-32-9-21(28(55-17-42)10-25(32)41(15-35(49)50)16-36(51)52)37-19-7-22(38)26(43)11-29(19)56-30-12-27(44)23(39)8-20(30)37;/h2-3,6-12,17,43H,4-5,13-16H2,1H3,(H,45,46)(H,47,48)(H,49,50)(H,51,52);1H4. The summed E-state index contributed by atoms with van der Waals surface area (Å²) in [6, 6.07) is 12.1. The number of carboxylic acids is 4. The summed E-state index contributed by atoms with van der Waals surface area (Å²) < 4.78 is 23.3. The van der Waals surface area contributed by atoms with Crippen LogP contribution in [-0.2, 0) is 24.0 Å². The highest BCUT2D eigenvalue weighted by Crippen LogP contribution is 2.49. The van der Waals surface area contributed by atoms with Crippen molar-refractivity contribution in [2.24, 2.45) is 0 Å². The van der Waals surface area contributed by atoms with E-state index in [0.717, 1.165) is 15.9 Å². The Bertz CT molecular complexity index is 2370. The molecule has 19 heteroatoms. The molecule has 5 rings (SSSR count). The number of carbonyl (C=O) groups excluding carboxylic acids is 1. The maximum atomic E-state index is 12.6. The zero-order valence-electron chi connectivity index (χ0n) is 29.0. The van der Waals surface area contributed by atoms with Crippen molar-refractivity contribution < 1.29 is 68.1 Å². The van der Waals surface area contributed by atoms with Crippen molar-refractivity contribution in [2.45, 2.75) is 14.4 Å². The fourth-order valence-electron chi connectivity index (χ4n) is 5.85. The number of phenolic OH excluding ortho intramolecular Hbond substituents is 1. The summed E-state index contributed by atoms with van der Waals surface area (Å²) in [6.45, 7) is -1.79. The minimum Gasteiger partial charge on any atom is -0.506 e. The lowest BCUT2D eigenvalue weighted by Crippen LogP contribution is -2.35. The van der Waals surface area contributed by atoms with Crippen LogP contribution in [0.3, 0.4) is 0 Å². The van der Waals surface area contributed by atoms with E-state index in [2.05, 4.69) is 0 Å². The first-order chi connectivity index (χ1) is 26.6. The number of aliphatic carboxylic acids is 4. The van der Waals surface area contributed by atoms with Crippen LogP contribution in [0.25, 0.3) is 33.4 Å². The van der Waals surface area contributed by atoms with Gasteiger partial charge in [-0.05, 0) is 42.8 Å². The normalized spacial score (nSPS) is 10.7. The third-order valence-electron chi connectivity index (χ3n) is 8.05. The molecule has 0 unspecified atom stereocenters. The van der Waals surface area contributed by atoms with E-state index in [0.29, 0.717) is 5.56 Å². The smallest absolute Gasteiger partial charge is 0.323 e. The Balaban J connectivity index is 0.00000720. The molecule has 0 atom stereocenters. The molecule has 5 N–H and O–H groups in total. The Hall–Kier alpha value is -6.72. The summed E-state index contributed by atoms with van der Waals surface area (Å²) in [5.74, 6) is -6.05. The van der Waals surface area contributed by atoms with Gasteiger partial charge in [0.2, 0.25) is 5.43 Å². The highest BCUT2D eigenvalue weighted by molar-refractivity contribution is 6.33. The van der Waals surface area contributed by atoms with Crippen LogP contribution >= 0.6 is 23.2 Å². The van der Waals surface area contributed by atoms with Crippen molar-refractivity contribution in [3.05, 3.63) is 80.4 Å². The number of carbonyl (C=O) groups is 5. The largest absolute Gasteiger partial charge is 0.506 e. The first kappa shape index (κ1) is 43.0. The topological polar surface area (TPSA) is 251 Å². The Kier molecular flexibility index (Phi) is 13.8. The molecular weight excluding hydrogens is 795 g/mol. The van der Waals surface area contributed by atoms with Crippen LogP contribution < -0.4 is 29.4 Å².